The molecule has 0 saturated carbocycles. The lowest BCUT2D eigenvalue weighted by atomic mass is 9.87. The third-order valence-electron chi connectivity index (χ3n) is 5.75. The van der Waals surface area contributed by atoms with Gasteiger partial charge in [0, 0.05) is 23.4 Å². The van der Waals surface area contributed by atoms with Crippen molar-refractivity contribution in [1.29, 1.82) is 5.26 Å². The number of fused-ring (bicyclic) bond motifs is 1. The van der Waals surface area contributed by atoms with E-state index in [9.17, 15) is 24.0 Å². The van der Waals surface area contributed by atoms with Gasteiger partial charge in [-0.2, -0.15) is 5.26 Å². The minimum Gasteiger partial charge on any atom is -0.493 e. The van der Waals surface area contributed by atoms with Crippen molar-refractivity contribution in [1.82, 2.24) is 20.9 Å². The molecule has 182 valence electrons. The Morgan fingerprint density at radius 3 is 2.65 bits per heavy atom. The predicted octanol–water partition coefficient (Wildman–Crippen LogP) is 2.38. The molecule has 1 aromatic carbocycles. The molecule has 0 spiro atoms. The Bertz CT molecular complexity index is 1130. The summed E-state index contributed by atoms with van der Waals surface area (Å²) in [4.78, 5) is 40.8. The molecule has 2 heterocycles. The van der Waals surface area contributed by atoms with E-state index in [0.717, 1.165) is 0 Å². The SMILES string of the molecule is COc1c(F)ccc2[nH]c(C(=O)NC(CC(C)(C)C)C(=O)NC(C#N)C[C@@H]3CCNC3=O)cc12. The van der Waals surface area contributed by atoms with Crippen molar-refractivity contribution in [3.8, 4) is 11.8 Å². The zero-order valence-corrected chi connectivity index (χ0v) is 19.8. The standard InChI is InChI=1S/C24H30FN5O4/c1-24(2,3)11-19(23(33)28-14(12-26)9-13-7-8-27-21(13)31)30-22(32)18-10-15-17(29-18)6-5-16(25)20(15)34-4/h5-6,10,13-14,19,29H,7-9,11H2,1-4H3,(H,27,31)(H,28,33)(H,30,32)/t13-,14?,19?/m0/s1. The van der Waals surface area contributed by atoms with E-state index in [2.05, 4.69) is 20.9 Å². The summed E-state index contributed by atoms with van der Waals surface area (Å²) < 4.78 is 19.1. The zero-order valence-electron chi connectivity index (χ0n) is 19.8. The van der Waals surface area contributed by atoms with Crippen molar-refractivity contribution >= 4 is 28.6 Å². The maximum atomic E-state index is 14.0. The van der Waals surface area contributed by atoms with Crippen molar-refractivity contribution in [2.45, 2.75) is 52.1 Å². The summed E-state index contributed by atoms with van der Waals surface area (Å²) >= 11 is 0. The Kier molecular flexibility index (Phi) is 7.44. The average molecular weight is 472 g/mol. The molecule has 1 aromatic heterocycles. The van der Waals surface area contributed by atoms with Gasteiger partial charge in [-0.05, 0) is 42.9 Å². The fraction of sp³-hybridized carbons (Fsp3) is 0.500. The van der Waals surface area contributed by atoms with Gasteiger partial charge in [0.2, 0.25) is 11.8 Å². The fourth-order valence-electron chi connectivity index (χ4n) is 4.11. The third kappa shape index (κ3) is 5.84. The van der Waals surface area contributed by atoms with Crippen LogP contribution in [0.15, 0.2) is 18.2 Å². The number of carbonyl (C=O) groups excluding carboxylic acids is 3. The molecule has 10 heteroatoms. The van der Waals surface area contributed by atoms with Gasteiger partial charge in [0.15, 0.2) is 11.6 Å². The number of nitriles is 1. The summed E-state index contributed by atoms with van der Waals surface area (Å²) in [7, 11) is 1.34. The first kappa shape index (κ1) is 25.0. The molecule has 1 fully saturated rings. The number of methoxy groups -OCH3 is 1. The van der Waals surface area contributed by atoms with E-state index in [4.69, 9.17) is 4.74 Å². The molecular formula is C24H30FN5O4. The maximum Gasteiger partial charge on any atom is 0.268 e. The van der Waals surface area contributed by atoms with Gasteiger partial charge >= 0.3 is 0 Å². The van der Waals surface area contributed by atoms with Crippen LogP contribution >= 0.6 is 0 Å². The minimum absolute atomic E-state index is 0.0181. The second-order valence-electron chi connectivity index (χ2n) is 9.72. The topological polar surface area (TPSA) is 136 Å². The van der Waals surface area contributed by atoms with Gasteiger partial charge in [-0.15, -0.1) is 0 Å². The second kappa shape index (κ2) is 10.1. The largest absolute Gasteiger partial charge is 0.493 e. The number of H-pyrrole nitrogens is 1. The zero-order chi connectivity index (χ0) is 25.0. The lowest BCUT2D eigenvalue weighted by Crippen LogP contribution is -2.51. The summed E-state index contributed by atoms with van der Waals surface area (Å²) in [5.74, 6) is -2.05. The second-order valence-corrected chi connectivity index (χ2v) is 9.72. The molecule has 3 atom stereocenters. The Balaban J connectivity index is 1.77. The third-order valence-corrected chi connectivity index (χ3v) is 5.75. The van der Waals surface area contributed by atoms with Crippen LogP contribution in [0.25, 0.3) is 10.9 Å². The number of rotatable bonds is 8. The van der Waals surface area contributed by atoms with E-state index < -0.39 is 29.7 Å². The fourth-order valence-corrected chi connectivity index (χ4v) is 4.11. The highest BCUT2D eigenvalue weighted by Gasteiger charge is 2.32. The van der Waals surface area contributed by atoms with Gasteiger partial charge in [-0.3, -0.25) is 14.4 Å². The summed E-state index contributed by atoms with van der Waals surface area (Å²) in [6.45, 7) is 6.35. The van der Waals surface area contributed by atoms with Crippen LogP contribution in [0, 0.1) is 28.5 Å². The van der Waals surface area contributed by atoms with Crippen molar-refractivity contribution in [2.75, 3.05) is 13.7 Å². The Hall–Kier alpha value is -3.61. The number of ether oxygens (including phenoxy) is 1. The number of aromatic nitrogens is 1. The molecular weight excluding hydrogens is 441 g/mol. The van der Waals surface area contributed by atoms with E-state index in [-0.39, 0.29) is 35.1 Å². The van der Waals surface area contributed by atoms with Crippen LogP contribution in [-0.2, 0) is 9.59 Å². The number of carbonyl (C=O) groups is 3. The van der Waals surface area contributed by atoms with Gasteiger partial charge in [0.25, 0.3) is 5.91 Å². The summed E-state index contributed by atoms with van der Waals surface area (Å²) in [6.07, 6.45) is 1.13. The van der Waals surface area contributed by atoms with Gasteiger partial charge < -0.3 is 25.7 Å². The number of nitrogens with one attached hydrogen (secondary N) is 4. The van der Waals surface area contributed by atoms with Crippen LogP contribution in [0.4, 0.5) is 4.39 Å². The maximum absolute atomic E-state index is 14.0. The minimum atomic E-state index is -0.925. The summed E-state index contributed by atoms with van der Waals surface area (Å²) in [6, 6.07) is 4.46. The molecule has 3 rings (SSSR count). The van der Waals surface area contributed by atoms with Gasteiger partial charge in [0.05, 0.1) is 13.2 Å². The number of nitrogens with zero attached hydrogens (tertiary/aromatic N) is 1. The van der Waals surface area contributed by atoms with E-state index in [1.165, 1.54) is 25.3 Å². The molecule has 3 amide bonds. The molecule has 1 saturated heterocycles. The normalized spacial score (nSPS) is 17.5. The van der Waals surface area contributed by atoms with Gasteiger partial charge in [-0.1, -0.05) is 20.8 Å². The van der Waals surface area contributed by atoms with Crippen LogP contribution < -0.4 is 20.7 Å². The monoisotopic (exact) mass is 471 g/mol. The highest BCUT2D eigenvalue weighted by Crippen LogP contribution is 2.29. The highest BCUT2D eigenvalue weighted by molar-refractivity contribution is 6.01. The quantitative estimate of drug-likeness (QED) is 0.469. The lowest BCUT2D eigenvalue weighted by molar-refractivity contribution is -0.125. The van der Waals surface area contributed by atoms with Gasteiger partial charge in [-0.25, -0.2) is 4.39 Å². The Morgan fingerprint density at radius 1 is 1.32 bits per heavy atom. The number of amides is 3. The van der Waals surface area contributed by atoms with Crippen molar-refractivity contribution in [3.05, 3.63) is 29.7 Å². The molecule has 0 bridgehead atoms. The van der Waals surface area contributed by atoms with E-state index in [0.29, 0.717) is 30.3 Å². The molecule has 9 nitrogen and oxygen atoms in total. The van der Waals surface area contributed by atoms with E-state index >= 15 is 0 Å². The number of hydrogen-bond acceptors (Lipinski definition) is 5. The number of halogens is 1. The molecule has 34 heavy (non-hydrogen) atoms. The molecule has 1 aliphatic rings. The van der Waals surface area contributed by atoms with Crippen LogP contribution in [0.3, 0.4) is 0 Å². The van der Waals surface area contributed by atoms with Crippen LogP contribution in [0.2, 0.25) is 0 Å². The molecule has 1 aliphatic heterocycles. The van der Waals surface area contributed by atoms with E-state index in [1.807, 2.05) is 26.8 Å². The van der Waals surface area contributed by atoms with Crippen LogP contribution in [-0.4, -0.2) is 48.4 Å². The molecule has 2 aromatic rings. The predicted molar refractivity (Wildman–Crippen MR) is 123 cm³/mol. The molecule has 4 N–H and O–H groups in total. The first-order valence-electron chi connectivity index (χ1n) is 11.2. The number of aromatic amines is 1. The first-order chi connectivity index (χ1) is 16.0. The number of hydrogen-bond donors (Lipinski definition) is 4. The Morgan fingerprint density at radius 2 is 2.06 bits per heavy atom. The Labute approximate surface area is 197 Å². The molecule has 0 radical (unpaired) electrons. The van der Waals surface area contributed by atoms with Gasteiger partial charge in [0.1, 0.15) is 17.8 Å². The van der Waals surface area contributed by atoms with Crippen molar-refractivity contribution < 1.29 is 23.5 Å². The summed E-state index contributed by atoms with van der Waals surface area (Å²) in [5.41, 5.74) is 0.347. The summed E-state index contributed by atoms with van der Waals surface area (Å²) in [5, 5.41) is 18.0. The number of benzene rings is 1. The van der Waals surface area contributed by atoms with Crippen LogP contribution in [0.1, 0.15) is 50.5 Å². The first-order valence-corrected chi connectivity index (χ1v) is 11.2. The smallest absolute Gasteiger partial charge is 0.268 e. The molecule has 2 unspecified atom stereocenters. The lowest BCUT2D eigenvalue weighted by Gasteiger charge is -2.27. The molecule has 0 aliphatic carbocycles. The van der Waals surface area contributed by atoms with Crippen LogP contribution in [0.5, 0.6) is 5.75 Å². The average Bonchev–Trinajstić information content (AvgIpc) is 3.37. The van der Waals surface area contributed by atoms with Crippen molar-refractivity contribution in [3.63, 3.8) is 0 Å². The highest BCUT2D eigenvalue weighted by atomic mass is 19.1. The van der Waals surface area contributed by atoms with E-state index in [1.54, 1.807) is 0 Å². The van der Waals surface area contributed by atoms with Crippen molar-refractivity contribution in [2.24, 2.45) is 11.3 Å².